The molecule has 3 nitrogen and oxygen atoms in total. The third kappa shape index (κ3) is 3.88. The van der Waals surface area contributed by atoms with Gasteiger partial charge in [-0.1, -0.05) is 24.3 Å². The van der Waals surface area contributed by atoms with Gasteiger partial charge in [0.1, 0.15) is 17.3 Å². The second-order valence-electron chi connectivity index (χ2n) is 7.26. The van der Waals surface area contributed by atoms with Crippen molar-refractivity contribution in [3.05, 3.63) is 94.6 Å². The molecule has 0 aliphatic carbocycles. The first-order valence-corrected chi connectivity index (χ1v) is 9.22. The Morgan fingerprint density at radius 3 is 2.48 bits per heavy atom. The Kier molecular flexibility index (Phi) is 4.86. The number of para-hydroxylation sites is 1. The molecule has 4 rings (SSSR count). The molecule has 1 aliphatic rings. The van der Waals surface area contributed by atoms with E-state index >= 15 is 0 Å². The Hall–Kier alpha value is -3.15. The number of nitrogens with zero attached hydrogens (tertiary/aromatic N) is 2. The molecule has 2 aromatic carbocycles. The predicted octanol–water partition coefficient (Wildman–Crippen LogP) is 5.66. The summed E-state index contributed by atoms with van der Waals surface area (Å²) in [6.07, 6.45) is -0.780. The van der Waals surface area contributed by atoms with E-state index in [2.05, 4.69) is 4.98 Å². The van der Waals surface area contributed by atoms with Crippen molar-refractivity contribution in [1.29, 1.82) is 0 Å². The van der Waals surface area contributed by atoms with Crippen molar-refractivity contribution in [3.8, 4) is 5.75 Å². The molecule has 1 aromatic heterocycles. The fourth-order valence-electron chi connectivity index (χ4n) is 3.53. The van der Waals surface area contributed by atoms with Crippen molar-refractivity contribution < 1.29 is 17.9 Å². The van der Waals surface area contributed by atoms with Crippen LogP contribution in [0.15, 0.2) is 65.8 Å². The van der Waals surface area contributed by atoms with Gasteiger partial charge in [0.15, 0.2) is 0 Å². The van der Waals surface area contributed by atoms with Gasteiger partial charge in [-0.15, -0.1) is 0 Å². The predicted molar refractivity (Wildman–Crippen MR) is 105 cm³/mol. The first kappa shape index (κ1) is 19.2. The summed E-state index contributed by atoms with van der Waals surface area (Å²) in [4.78, 5) is 8.79. The third-order valence-electron chi connectivity index (χ3n) is 4.86. The number of aliphatic imine (C=N–C) groups is 1. The number of alkyl halides is 2. The van der Waals surface area contributed by atoms with Gasteiger partial charge in [0.25, 0.3) is 6.43 Å². The van der Waals surface area contributed by atoms with E-state index in [4.69, 9.17) is 9.73 Å². The largest absolute Gasteiger partial charge is 0.465 e. The van der Waals surface area contributed by atoms with Gasteiger partial charge in [0, 0.05) is 23.7 Å². The second-order valence-corrected chi connectivity index (χ2v) is 7.26. The van der Waals surface area contributed by atoms with E-state index < -0.39 is 12.2 Å². The highest BCUT2D eigenvalue weighted by Gasteiger charge is 2.33. The molecule has 148 valence electrons. The van der Waals surface area contributed by atoms with Crippen molar-refractivity contribution >= 4 is 5.71 Å². The fourth-order valence-corrected chi connectivity index (χ4v) is 3.53. The highest BCUT2D eigenvalue weighted by molar-refractivity contribution is 6.15. The van der Waals surface area contributed by atoms with Gasteiger partial charge in [-0.25, -0.2) is 18.2 Å². The van der Waals surface area contributed by atoms with Crippen molar-refractivity contribution in [1.82, 2.24) is 4.98 Å². The van der Waals surface area contributed by atoms with Crippen molar-refractivity contribution in [3.63, 3.8) is 0 Å². The summed E-state index contributed by atoms with van der Waals surface area (Å²) in [7, 11) is 0. The number of fused-ring (bicyclic) bond motifs is 1. The van der Waals surface area contributed by atoms with Crippen LogP contribution in [0.2, 0.25) is 0 Å². The molecule has 29 heavy (non-hydrogen) atoms. The smallest absolute Gasteiger partial charge is 0.280 e. The summed E-state index contributed by atoms with van der Waals surface area (Å²) in [5, 5.41) is 0. The van der Waals surface area contributed by atoms with Crippen LogP contribution in [0.4, 0.5) is 13.2 Å². The van der Waals surface area contributed by atoms with Gasteiger partial charge in [-0.3, -0.25) is 4.98 Å². The number of ether oxygens (including phenoxy) is 1. The molecule has 6 heteroatoms. The minimum absolute atomic E-state index is 0.233. The molecule has 1 aliphatic heterocycles. The van der Waals surface area contributed by atoms with Gasteiger partial charge < -0.3 is 4.74 Å². The molecule has 2 heterocycles. The fraction of sp³-hybridized carbons (Fsp3) is 0.217. The Morgan fingerprint density at radius 2 is 1.79 bits per heavy atom. The summed E-state index contributed by atoms with van der Waals surface area (Å²) < 4.78 is 45.6. The highest BCUT2D eigenvalue weighted by Crippen LogP contribution is 2.35. The molecule has 0 saturated heterocycles. The molecule has 0 radical (unpaired) electrons. The average Bonchev–Trinajstić information content (AvgIpc) is 2.68. The average molecular weight is 396 g/mol. The number of aromatic nitrogens is 1. The first-order valence-electron chi connectivity index (χ1n) is 9.22. The van der Waals surface area contributed by atoms with Crippen LogP contribution in [0.3, 0.4) is 0 Å². The van der Waals surface area contributed by atoms with E-state index in [9.17, 15) is 13.2 Å². The van der Waals surface area contributed by atoms with Crippen molar-refractivity contribution in [2.75, 3.05) is 0 Å². The lowest BCUT2D eigenvalue weighted by Gasteiger charge is -2.33. The maximum absolute atomic E-state index is 13.2. The number of hydrogen-bond acceptors (Lipinski definition) is 3. The Morgan fingerprint density at radius 1 is 1.07 bits per heavy atom. The standard InChI is InChI=1S/C23H19F3N2O/c1-14-11-16(13-27-20(14)22(25)26)21-18-5-3-4-6-19(18)29-23(2,28-21)12-15-7-9-17(24)10-8-15/h3-11,13,22H,12H2,1-2H3. The van der Waals surface area contributed by atoms with Crippen molar-refractivity contribution in [2.45, 2.75) is 32.4 Å². The van der Waals surface area contributed by atoms with E-state index in [0.29, 0.717) is 29.0 Å². The van der Waals surface area contributed by atoms with Gasteiger partial charge in [-0.2, -0.15) is 0 Å². The summed E-state index contributed by atoms with van der Waals surface area (Å²) in [5.74, 6) is 0.344. The highest BCUT2D eigenvalue weighted by atomic mass is 19.3. The number of pyridine rings is 1. The zero-order valence-corrected chi connectivity index (χ0v) is 16.0. The molecule has 1 unspecified atom stereocenters. The van der Waals surface area contributed by atoms with E-state index in [-0.39, 0.29) is 11.5 Å². The van der Waals surface area contributed by atoms with Crippen LogP contribution >= 0.6 is 0 Å². The summed E-state index contributed by atoms with van der Waals surface area (Å²) in [6, 6.07) is 15.3. The molecular formula is C23H19F3N2O. The summed E-state index contributed by atoms with van der Waals surface area (Å²) >= 11 is 0. The summed E-state index contributed by atoms with van der Waals surface area (Å²) in [5.41, 5.74) is 2.17. The lowest BCUT2D eigenvalue weighted by atomic mass is 9.96. The Bertz CT molecular complexity index is 1080. The van der Waals surface area contributed by atoms with Crippen LogP contribution < -0.4 is 4.74 Å². The normalized spacial score (nSPS) is 18.2. The lowest BCUT2D eigenvalue weighted by molar-refractivity contribution is 0.0947. The zero-order chi connectivity index (χ0) is 20.6. The lowest BCUT2D eigenvalue weighted by Crippen LogP contribution is -2.38. The van der Waals surface area contributed by atoms with Gasteiger partial charge >= 0.3 is 0 Å². The quantitative estimate of drug-likeness (QED) is 0.571. The van der Waals surface area contributed by atoms with E-state index in [1.165, 1.54) is 18.3 Å². The molecule has 0 bridgehead atoms. The Balaban J connectivity index is 1.78. The van der Waals surface area contributed by atoms with Crippen LogP contribution in [-0.4, -0.2) is 16.4 Å². The van der Waals surface area contributed by atoms with Crippen LogP contribution in [-0.2, 0) is 6.42 Å². The van der Waals surface area contributed by atoms with Gasteiger partial charge in [0.2, 0.25) is 5.72 Å². The maximum atomic E-state index is 13.2. The van der Waals surface area contributed by atoms with E-state index in [0.717, 1.165) is 11.1 Å². The van der Waals surface area contributed by atoms with Crippen LogP contribution in [0.1, 0.15) is 41.3 Å². The molecule has 0 N–H and O–H groups in total. The maximum Gasteiger partial charge on any atom is 0.280 e. The number of hydrogen-bond donors (Lipinski definition) is 0. The molecular weight excluding hydrogens is 377 g/mol. The van der Waals surface area contributed by atoms with Gasteiger partial charge in [-0.05, 0) is 55.3 Å². The third-order valence-corrected chi connectivity index (χ3v) is 4.86. The molecule has 3 aromatic rings. The number of rotatable bonds is 4. The topological polar surface area (TPSA) is 34.5 Å². The molecule has 0 saturated carbocycles. The monoisotopic (exact) mass is 396 g/mol. The van der Waals surface area contributed by atoms with E-state index in [1.54, 1.807) is 25.1 Å². The molecule has 1 atom stereocenters. The van der Waals surface area contributed by atoms with Crippen LogP contribution in [0.25, 0.3) is 0 Å². The SMILES string of the molecule is Cc1cc(C2=NC(C)(Cc3ccc(F)cc3)Oc3ccccc32)cnc1C(F)F. The number of benzene rings is 2. The Labute approximate surface area is 166 Å². The van der Waals surface area contributed by atoms with Crippen LogP contribution in [0, 0.1) is 12.7 Å². The molecule has 0 fully saturated rings. The van der Waals surface area contributed by atoms with Crippen molar-refractivity contribution in [2.24, 2.45) is 4.99 Å². The minimum atomic E-state index is -2.63. The molecule has 0 spiro atoms. The number of halogens is 3. The number of aryl methyl sites for hydroxylation is 1. The molecule has 0 amide bonds. The second kappa shape index (κ2) is 7.35. The minimum Gasteiger partial charge on any atom is -0.465 e. The van der Waals surface area contributed by atoms with Gasteiger partial charge in [0.05, 0.1) is 5.71 Å². The van der Waals surface area contributed by atoms with Crippen LogP contribution in [0.5, 0.6) is 5.75 Å². The first-order chi connectivity index (χ1) is 13.8. The van der Waals surface area contributed by atoms with E-state index in [1.807, 2.05) is 31.2 Å². The summed E-state index contributed by atoms with van der Waals surface area (Å²) in [6.45, 7) is 3.46. The zero-order valence-electron chi connectivity index (χ0n) is 16.0.